The molecule has 0 unspecified atom stereocenters. The molecule has 0 aliphatic heterocycles. The van der Waals surface area contributed by atoms with Crippen LogP contribution in [0.15, 0.2) is 34.8 Å². The first kappa shape index (κ1) is 12.7. The van der Waals surface area contributed by atoms with E-state index in [2.05, 4.69) is 20.9 Å². The van der Waals surface area contributed by atoms with E-state index in [1.807, 2.05) is 25.1 Å². The van der Waals surface area contributed by atoms with E-state index >= 15 is 0 Å². The van der Waals surface area contributed by atoms with Crippen LogP contribution in [0.2, 0.25) is 0 Å². The van der Waals surface area contributed by atoms with Crippen molar-refractivity contribution in [1.82, 2.24) is 4.98 Å². The Hall–Kier alpha value is -1.75. The third-order valence-electron chi connectivity index (χ3n) is 2.42. The summed E-state index contributed by atoms with van der Waals surface area (Å²) in [5.41, 5.74) is 7.20. The third kappa shape index (κ3) is 2.73. The zero-order valence-corrected chi connectivity index (χ0v) is 11.7. The number of pyridine rings is 1. The predicted octanol–water partition coefficient (Wildman–Crippen LogP) is 3.54. The average Bonchev–Trinajstić information content (AvgIpc) is 2.36. The van der Waals surface area contributed by atoms with Gasteiger partial charge in [-0.1, -0.05) is 22.0 Å². The van der Waals surface area contributed by atoms with Crippen LogP contribution in [0.1, 0.15) is 5.56 Å². The molecule has 94 valence electrons. The zero-order valence-electron chi connectivity index (χ0n) is 10.1. The largest absolute Gasteiger partial charge is 0.479 e. The molecule has 0 amide bonds. The molecule has 0 atom stereocenters. The highest BCUT2D eigenvalue weighted by molar-refractivity contribution is 9.10. The molecule has 0 bridgehead atoms. The van der Waals surface area contributed by atoms with Crippen molar-refractivity contribution in [2.24, 2.45) is 0 Å². The quantitative estimate of drug-likeness (QED) is 0.942. The van der Waals surface area contributed by atoms with E-state index < -0.39 is 0 Å². The maximum atomic E-state index is 5.71. The smallest absolute Gasteiger partial charge is 0.240 e. The van der Waals surface area contributed by atoms with Gasteiger partial charge in [-0.05, 0) is 30.7 Å². The molecule has 4 nitrogen and oxygen atoms in total. The van der Waals surface area contributed by atoms with Crippen molar-refractivity contribution in [1.29, 1.82) is 0 Å². The molecule has 18 heavy (non-hydrogen) atoms. The molecule has 2 rings (SSSR count). The Balaban J connectivity index is 2.31. The number of methoxy groups -OCH3 is 1. The molecular weight excluding hydrogens is 296 g/mol. The first-order valence-corrected chi connectivity index (χ1v) is 6.14. The van der Waals surface area contributed by atoms with Gasteiger partial charge in [-0.2, -0.15) is 4.98 Å². The number of hydrogen-bond acceptors (Lipinski definition) is 4. The summed E-state index contributed by atoms with van der Waals surface area (Å²) in [6.07, 6.45) is 0. The average molecular weight is 309 g/mol. The van der Waals surface area contributed by atoms with Crippen LogP contribution in [0.25, 0.3) is 0 Å². The van der Waals surface area contributed by atoms with Crippen LogP contribution in [-0.2, 0) is 0 Å². The van der Waals surface area contributed by atoms with Gasteiger partial charge in [0.05, 0.1) is 12.8 Å². The van der Waals surface area contributed by atoms with Crippen LogP contribution in [0, 0.1) is 6.92 Å². The number of aryl methyl sites for hydroxylation is 1. The van der Waals surface area contributed by atoms with Gasteiger partial charge in [0.1, 0.15) is 5.75 Å². The Kier molecular flexibility index (Phi) is 3.72. The molecule has 0 saturated carbocycles. The number of benzene rings is 1. The lowest BCUT2D eigenvalue weighted by Crippen LogP contribution is -1.97. The molecule has 0 saturated heterocycles. The van der Waals surface area contributed by atoms with E-state index in [0.29, 0.717) is 17.4 Å². The molecule has 0 fully saturated rings. The van der Waals surface area contributed by atoms with Gasteiger partial charge in [-0.3, -0.25) is 0 Å². The van der Waals surface area contributed by atoms with Crippen molar-refractivity contribution in [3.63, 3.8) is 0 Å². The van der Waals surface area contributed by atoms with Crippen LogP contribution in [-0.4, -0.2) is 12.1 Å². The van der Waals surface area contributed by atoms with Crippen LogP contribution < -0.4 is 15.2 Å². The van der Waals surface area contributed by atoms with Crippen LogP contribution in [0.4, 0.5) is 5.69 Å². The van der Waals surface area contributed by atoms with Crippen molar-refractivity contribution in [3.05, 3.63) is 40.4 Å². The third-order valence-corrected chi connectivity index (χ3v) is 2.92. The fraction of sp³-hybridized carbons (Fsp3) is 0.154. The second kappa shape index (κ2) is 5.27. The van der Waals surface area contributed by atoms with Crippen molar-refractivity contribution in [2.45, 2.75) is 6.92 Å². The van der Waals surface area contributed by atoms with Gasteiger partial charge >= 0.3 is 0 Å². The fourth-order valence-electron chi connectivity index (χ4n) is 1.45. The number of nitrogens with zero attached hydrogens (tertiary/aromatic N) is 1. The predicted molar refractivity (Wildman–Crippen MR) is 74.2 cm³/mol. The van der Waals surface area contributed by atoms with Gasteiger partial charge in [0.2, 0.25) is 11.8 Å². The van der Waals surface area contributed by atoms with Gasteiger partial charge in [-0.15, -0.1) is 0 Å². The summed E-state index contributed by atoms with van der Waals surface area (Å²) in [4.78, 5) is 4.17. The van der Waals surface area contributed by atoms with E-state index in [4.69, 9.17) is 15.2 Å². The highest BCUT2D eigenvalue weighted by atomic mass is 79.9. The van der Waals surface area contributed by atoms with E-state index in [9.17, 15) is 0 Å². The monoisotopic (exact) mass is 308 g/mol. The lowest BCUT2D eigenvalue weighted by molar-refractivity contribution is 0.385. The molecule has 0 aliphatic carbocycles. The summed E-state index contributed by atoms with van der Waals surface area (Å²) >= 11 is 3.40. The van der Waals surface area contributed by atoms with Crippen LogP contribution in [0.5, 0.6) is 17.5 Å². The second-order valence-electron chi connectivity index (χ2n) is 3.76. The van der Waals surface area contributed by atoms with Crippen molar-refractivity contribution >= 4 is 21.6 Å². The molecule has 1 aromatic carbocycles. The van der Waals surface area contributed by atoms with E-state index in [0.717, 1.165) is 15.8 Å². The molecule has 1 heterocycles. The second-order valence-corrected chi connectivity index (χ2v) is 4.68. The van der Waals surface area contributed by atoms with Crippen molar-refractivity contribution < 1.29 is 9.47 Å². The normalized spacial score (nSPS) is 10.2. The van der Waals surface area contributed by atoms with Gasteiger partial charge < -0.3 is 15.2 Å². The topological polar surface area (TPSA) is 57.4 Å². The van der Waals surface area contributed by atoms with Gasteiger partial charge in [0.15, 0.2) is 0 Å². The number of hydrogen-bond donors (Lipinski definition) is 1. The summed E-state index contributed by atoms with van der Waals surface area (Å²) < 4.78 is 11.7. The molecule has 2 aromatic rings. The SMILES string of the molecule is COc1nc(Oc2cc(Br)ccc2C)ccc1N. The van der Waals surface area contributed by atoms with Crippen molar-refractivity contribution in [2.75, 3.05) is 12.8 Å². The maximum absolute atomic E-state index is 5.71. The van der Waals surface area contributed by atoms with Gasteiger partial charge in [0, 0.05) is 10.5 Å². The summed E-state index contributed by atoms with van der Waals surface area (Å²) in [5, 5.41) is 0. The lowest BCUT2D eigenvalue weighted by Gasteiger charge is -2.10. The molecule has 1 aromatic heterocycles. The molecule has 0 radical (unpaired) electrons. The Morgan fingerprint density at radius 1 is 1.22 bits per heavy atom. The van der Waals surface area contributed by atoms with E-state index in [1.165, 1.54) is 7.11 Å². The van der Waals surface area contributed by atoms with Gasteiger partial charge in [0.25, 0.3) is 0 Å². The molecule has 0 aliphatic rings. The summed E-state index contributed by atoms with van der Waals surface area (Å²) in [6, 6.07) is 9.22. The van der Waals surface area contributed by atoms with Gasteiger partial charge in [-0.25, -0.2) is 0 Å². The molecule has 0 spiro atoms. The van der Waals surface area contributed by atoms with Crippen LogP contribution >= 0.6 is 15.9 Å². The fourth-order valence-corrected chi connectivity index (χ4v) is 1.79. The minimum atomic E-state index is 0.361. The Bertz CT molecular complexity index is 573. The molecular formula is C13H13BrN2O2. The highest BCUT2D eigenvalue weighted by Crippen LogP contribution is 2.29. The lowest BCUT2D eigenvalue weighted by atomic mass is 10.2. The van der Waals surface area contributed by atoms with E-state index in [-0.39, 0.29) is 0 Å². The zero-order chi connectivity index (χ0) is 13.1. The standard InChI is InChI=1S/C13H13BrN2O2/c1-8-3-4-9(14)7-11(8)18-12-6-5-10(15)13(16-12)17-2/h3-7H,15H2,1-2H3. The number of aromatic nitrogens is 1. The Morgan fingerprint density at radius 3 is 2.72 bits per heavy atom. The Morgan fingerprint density at radius 2 is 2.00 bits per heavy atom. The summed E-state index contributed by atoms with van der Waals surface area (Å²) in [5.74, 6) is 1.55. The van der Waals surface area contributed by atoms with Crippen molar-refractivity contribution in [3.8, 4) is 17.5 Å². The highest BCUT2D eigenvalue weighted by Gasteiger charge is 2.07. The number of nitrogen functional groups attached to an aromatic ring is 1. The number of anilines is 1. The summed E-state index contributed by atoms with van der Waals surface area (Å²) in [7, 11) is 1.52. The minimum absolute atomic E-state index is 0.361. The molecule has 5 heteroatoms. The number of halogens is 1. The first-order valence-electron chi connectivity index (χ1n) is 5.34. The Labute approximate surface area is 114 Å². The minimum Gasteiger partial charge on any atom is -0.479 e. The number of ether oxygens (including phenoxy) is 2. The van der Waals surface area contributed by atoms with Crippen LogP contribution in [0.3, 0.4) is 0 Å². The van der Waals surface area contributed by atoms with E-state index in [1.54, 1.807) is 12.1 Å². The number of rotatable bonds is 3. The first-order chi connectivity index (χ1) is 8.60. The number of nitrogens with two attached hydrogens (primary N) is 1. The maximum Gasteiger partial charge on any atom is 0.240 e. The summed E-state index contributed by atoms with van der Waals surface area (Å²) in [6.45, 7) is 1.97. The molecule has 2 N–H and O–H groups in total.